The van der Waals surface area contributed by atoms with Gasteiger partial charge < -0.3 is 14.2 Å². The number of amides is 2. The minimum absolute atomic E-state index is 0.0906. The van der Waals surface area contributed by atoms with Crippen molar-refractivity contribution in [2.45, 2.75) is 0 Å². The van der Waals surface area contributed by atoms with E-state index < -0.39 is 30.4 Å². The fourth-order valence-corrected chi connectivity index (χ4v) is 1.83. The van der Waals surface area contributed by atoms with Crippen molar-refractivity contribution in [2.75, 3.05) is 26.9 Å². The molecule has 0 aromatic heterocycles. The molecule has 1 aromatic carbocycles. The topological polar surface area (TPSA) is 82.1 Å². The molecule has 2 rings (SSSR count). The Morgan fingerprint density at radius 1 is 1.43 bits per heavy atom. The minimum atomic E-state index is -0.790. The molecule has 1 saturated heterocycles. The zero-order valence-electron chi connectivity index (χ0n) is 12.3. The van der Waals surface area contributed by atoms with Gasteiger partial charge in [0.2, 0.25) is 0 Å². The predicted molar refractivity (Wildman–Crippen MR) is 76.0 cm³/mol. The summed E-state index contributed by atoms with van der Waals surface area (Å²) in [6.07, 6.45) is 1.63. The Morgan fingerprint density at radius 2 is 2.22 bits per heavy atom. The number of methoxy groups -OCH3 is 1. The van der Waals surface area contributed by atoms with E-state index in [4.69, 9.17) is 9.47 Å². The Bertz CT molecular complexity index is 657. The van der Waals surface area contributed by atoms with Gasteiger partial charge in [-0.2, -0.15) is 0 Å². The van der Waals surface area contributed by atoms with Crippen LogP contribution >= 0.6 is 0 Å². The van der Waals surface area contributed by atoms with Crippen LogP contribution in [-0.4, -0.2) is 49.7 Å². The summed E-state index contributed by atoms with van der Waals surface area (Å²) in [4.78, 5) is 35.1. The van der Waals surface area contributed by atoms with Crippen molar-refractivity contribution in [3.63, 3.8) is 0 Å². The molecule has 0 aliphatic carbocycles. The third-order valence-electron chi connectivity index (χ3n) is 2.99. The highest BCUT2D eigenvalue weighted by atomic mass is 19.1. The van der Waals surface area contributed by atoms with Crippen LogP contribution in [0, 0.1) is 5.82 Å². The molecule has 0 unspecified atom stereocenters. The summed E-state index contributed by atoms with van der Waals surface area (Å²) < 4.78 is 27.6. The first-order valence-corrected chi connectivity index (χ1v) is 6.67. The number of carbonyl (C=O) groups is 3. The molecule has 0 spiro atoms. The lowest BCUT2D eigenvalue weighted by molar-refractivity contribution is -0.146. The van der Waals surface area contributed by atoms with E-state index in [1.807, 2.05) is 0 Å². The fraction of sp³-hybridized carbons (Fsp3) is 0.267. The molecule has 122 valence electrons. The molecule has 0 atom stereocenters. The summed E-state index contributed by atoms with van der Waals surface area (Å²) >= 11 is 0. The van der Waals surface area contributed by atoms with Gasteiger partial charge >= 0.3 is 12.1 Å². The molecular weight excluding hydrogens is 309 g/mol. The second kappa shape index (κ2) is 7.39. The molecule has 1 aliphatic rings. The molecule has 7 nitrogen and oxygen atoms in total. The smallest absolute Gasteiger partial charge is 0.416 e. The lowest BCUT2D eigenvalue weighted by Gasteiger charge is -2.09. The van der Waals surface area contributed by atoms with Crippen LogP contribution in [0.2, 0.25) is 0 Å². The first-order chi connectivity index (χ1) is 11.0. The summed E-state index contributed by atoms with van der Waals surface area (Å²) in [6.45, 7) is -0.313. The Hall–Kier alpha value is -2.90. The van der Waals surface area contributed by atoms with E-state index in [1.165, 1.54) is 25.3 Å². The van der Waals surface area contributed by atoms with Gasteiger partial charge in [-0.05, 0) is 23.8 Å². The molecule has 1 heterocycles. The number of ether oxygens (including phenoxy) is 3. The molecule has 0 N–H and O–H groups in total. The van der Waals surface area contributed by atoms with Gasteiger partial charge in [0.05, 0.1) is 13.7 Å². The van der Waals surface area contributed by atoms with E-state index in [-0.39, 0.29) is 18.9 Å². The molecule has 0 bridgehead atoms. The monoisotopic (exact) mass is 323 g/mol. The lowest BCUT2D eigenvalue weighted by atomic mass is 10.2. The SMILES string of the molecule is COc1ccc(/C=C/C(=O)OCC(=O)N2CCOC2=O)cc1F. The van der Waals surface area contributed by atoms with Crippen LogP contribution in [0.3, 0.4) is 0 Å². The number of imide groups is 1. The van der Waals surface area contributed by atoms with E-state index in [9.17, 15) is 18.8 Å². The number of nitrogens with zero attached hydrogens (tertiary/aromatic N) is 1. The molecule has 1 aromatic rings. The maximum atomic E-state index is 13.5. The number of halogens is 1. The standard InChI is InChI=1S/C15H14FNO6/c1-21-12-4-2-10(8-11(12)16)3-5-14(19)23-9-13(18)17-6-7-22-15(17)20/h2-5,8H,6-7,9H2,1H3/b5-3+. The van der Waals surface area contributed by atoms with E-state index in [0.717, 1.165) is 11.0 Å². The Morgan fingerprint density at radius 3 is 2.83 bits per heavy atom. The zero-order valence-corrected chi connectivity index (χ0v) is 12.3. The Kier molecular flexibility index (Phi) is 5.29. The quantitative estimate of drug-likeness (QED) is 0.601. The summed E-state index contributed by atoms with van der Waals surface area (Å²) in [7, 11) is 1.35. The minimum Gasteiger partial charge on any atom is -0.494 e. The first-order valence-electron chi connectivity index (χ1n) is 6.67. The van der Waals surface area contributed by atoms with Crippen LogP contribution in [0.4, 0.5) is 9.18 Å². The molecule has 2 amide bonds. The molecule has 8 heteroatoms. The van der Waals surface area contributed by atoms with Crippen molar-refractivity contribution in [2.24, 2.45) is 0 Å². The summed E-state index contributed by atoms with van der Waals surface area (Å²) in [5.74, 6) is -1.93. The van der Waals surface area contributed by atoms with Gasteiger partial charge in [0, 0.05) is 6.08 Å². The van der Waals surface area contributed by atoms with Crippen LogP contribution in [-0.2, 0) is 19.1 Å². The van der Waals surface area contributed by atoms with Gasteiger partial charge in [-0.25, -0.2) is 18.9 Å². The number of carbonyl (C=O) groups excluding carboxylic acids is 3. The number of benzene rings is 1. The number of hydrogen-bond acceptors (Lipinski definition) is 6. The molecule has 0 radical (unpaired) electrons. The third kappa shape index (κ3) is 4.29. The molecular formula is C15H14FNO6. The average molecular weight is 323 g/mol. The molecule has 23 heavy (non-hydrogen) atoms. The van der Waals surface area contributed by atoms with Crippen molar-refractivity contribution in [1.29, 1.82) is 0 Å². The van der Waals surface area contributed by atoms with Gasteiger partial charge in [-0.15, -0.1) is 0 Å². The first kappa shape index (κ1) is 16.5. The summed E-state index contributed by atoms with van der Waals surface area (Å²) in [5.41, 5.74) is 0.426. The predicted octanol–water partition coefficient (Wildman–Crippen LogP) is 1.37. The molecule has 1 fully saturated rings. The Labute approximate surface area is 131 Å². The van der Waals surface area contributed by atoms with Gasteiger partial charge in [0.25, 0.3) is 5.91 Å². The van der Waals surface area contributed by atoms with E-state index in [0.29, 0.717) is 5.56 Å². The Balaban J connectivity index is 1.85. The van der Waals surface area contributed by atoms with Crippen LogP contribution in [0.5, 0.6) is 5.75 Å². The zero-order chi connectivity index (χ0) is 16.8. The normalized spacial score (nSPS) is 14.0. The van der Waals surface area contributed by atoms with Gasteiger partial charge in [0.1, 0.15) is 6.61 Å². The average Bonchev–Trinajstić information content (AvgIpc) is 2.97. The lowest BCUT2D eigenvalue weighted by Crippen LogP contribution is -2.35. The largest absolute Gasteiger partial charge is 0.494 e. The van der Waals surface area contributed by atoms with Crippen molar-refractivity contribution < 1.29 is 33.0 Å². The van der Waals surface area contributed by atoms with Crippen molar-refractivity contribution in [3.05, 3.63) is 35.7 Å². The highest BCUT2D eigenvalue weighted by Crippen LogP contribution is 2.18. The van der Waals surface area contributed by atoms with Gasteiger partial charge in [-0.1, -0.05) is 6.07 Å². The second-order valence-electron chi connectivity index (χ2n) is 4.49. The number of rotatable bonds is 5. The van der Waals surface area contributed by atoms with Crippen molar-refractivity contribution in [1.82, 2.24) is 4.90 Å². The number of hydrogen-bond donors (Lipinski definition) is 0. The van der Waals surface area contributed by atoms with Crippen molar-refractivity contribution in [3.8, 4) is 5.75 Å². The summed E-state index contributed by atoms with van der Waals surface area (Å²) in [5, 5.41) is 0. The van der Waals surface area contributed by atoms with E-state index >= 15 is 0 Å². The van der Waals surface area contributed by atoms with E-state index in [2.05, 4.69) is 4.74 Å². The highest BCUT2D eigenvalue weighted by Gasteiger charge is 2.28. The van der Waals surface area contributed by atoms with E-state index in [1.54, 1.807) is 6.07 Å². The maximum absolute atomic E-state index is 13.5. The maximum Gasteiger partial charge on any atom is 0.416 e. The summed E-state index contributed by atoms with van der Waals surface area (Å²) in [6, 6.07) is 4.16. The fourth-order valence-electron chi connectivity index (χ4n) is 1.83. The van der Waals surface area contributed by atoms with Crippen LogP contribution in [0.15, 0.2) is 24.3 Å². The third-order valence-corrected chi connectivity index (χ3v) is 2.99. The van der Waals surface area contributed by atoms with Gasteiger partial charge in [0.15, 0.2) is 18.2 Å². The molecule has 0 saturated carbocycles. The molecule has 1 aliphatic heterocycles. The van der Waals surface area contributed by atoms with Crippen LogP contribution in [0.1, 0.15) is 5.56 Å². The van der Waals surface area contributed by atoms with Crippen molar-refractivity contribution >= 4 is 24.0 Å². The number of cyclic esters (lactones) is 1. The highest BCUT2D eigenvalue weighted by molar-refractivity contribution is 5.95. The second-order valence-corrected chi connectivity index (χ2v) is 4.49. The number of esters is 1. The van der Waals surface area contributed by atoms with Crippen LogP contribution < -0.4 is 4.74 Å². The van der Waals surface area contributed by atoms with Crippen LogP contribution in [0.25, 0.3) is 6.08 Å². The van der Waals surface area contributed by atoms with Gasteiger partial charge in [-0.3, -0.25) is 4.79 Å².